The standard InChI is InChI=1S/C23H23Cl2N3O2S/c1-5-30-21(29)19-18(13(2)3)28-20(14-6-9-16(24)10-7-14)23(4,27-22(28)31-19)15-8-11-17(25)26-12-15/h6-13,20H,5H2,1-4H3/t20-,23+/m1/s1. The van der Waals surface area contributed by atoms with Gasteiger partial charge >= 0.3 is 5.97 Å². The number of fused-ring (bicyclic) bond motifs is 1. The predicted octanol–water partition coefficient (Wildman–Crippen LogP) is 6.19. The molecule has 0 bridgehead atoms. The van der Waals surface area contributed by atoms with E-state index in [1.54, 1.807) is 12.3 Å². The number of carbonyl (C=O) groups excluding carboxylic acids is 1. The summed E-state index contributed by atoms with van der Waals surface area (Å²) in [5.74, 6) is -0.210. The van der Waals surface area contributed by atoms with Crippen molar-refractivity contribution in [2.75, 3.05) is 6.61 Å². The zero-order chi connectivity index (χ0) is 22.3. The first-order valence-electron chi connectivity index (χ1n) is 10.1. The molecule has 4 rings (SSSR count). The van der Waals surface area contributed by atoms with Gasteiger partial charge in [0.25, 0.3) is 0 Å². The fraction of sp³-hybridized carbons (Fsp3) is 0.348. The number of amidine groups is 1. The summed E-state index contributed by atoms with van der Waals surface area (Å²) in [6.45, 7) is 8.39. The molecule has 0 saturated carbocycles. The van der Waals surface area contributed by atoms with Gasteiger partial charge in [-0.05, 0) is 55.3 Å². The summed E-state index contributed by atoms with van der Waals surface area (Å²) in [6.07, 6.45) is 1.77. The van der Waals surface area contributed by atoms with Crippen molar-refractivity contribution in [2.45, 2.75) is 39.3 Å². The number of carbonyl (C=O) groups is 1. The number of hydrogen-bond acceptors (Lipinski definition) is 6. The van der Waals surface area contributed by atoms with Crippen LogP contribution in [0, 0.1) is 5.92 Å². The van der Waals surface area contributed by atoms with Gasteiger partial charge in [-0.2, -0.15) is 0 Å². The molecule has 0 fully saturated rings. The molecule has 2 atom stereocenters. The Kier molecular flexibility index (Phi) is 6.08. The largest absolute Gasteiger partial charge is 0.462 e. The average Bonchev–Trinajstić information content (AvgIpc) is 3.22. The Morgan fingerprint density at radius 1 is 1.23 bits per heavy atom. The molecule has 2 aromatic rings. The molecule has 0 amide bonds. The first-order valence-corrected chi connectivity index (χ1v) is 11.7. The number of halogens is 2. The maximum atomic E-state index is 12.7. The number of esters is 1. The van der Waals surface area contributed by atoms with E-state index in [2.05, 4.69) is 30.7 Å². The maximum absolute atomic E-state index is 12.7. The van der Waals surface area contributed by atoms with Gasteiger partial charge in [0.2, 0.25) is 0 Å². The van der Waals surface area contributed by atoms with E-state index in [1.807, 2.05) is 37.3 Å². The minimum absolute atomic E-state index is 0.0973. The molecule has 0 N–H and O–H groups in total. The SMILES string of the molecule is CCOC(=O)C1=C(C(C)C)N2C(=N[C@@](C)(c3ccc(Cl)nc3)[C@H]2c2ccc(Cl)cc2)S1. The van der Waals surface area contributed by atoms with E-state index in [4.69, 9.17) is 32.9 Å². The topological polar surface area (TPSA) is 54.8 Å². The Hall–Kier alpha value is -2.02. The molecule has 0 spiro atoms. The number of benzene rings is 1. The van der Waals surface area contributed by atoms with E-state index >= 15 is 0 Å². The van der Waals surface area contributed by atoms with Crippen molar-refractivity contribution in [3.05, 3.63) is 74.5 Å². The highest BCUT2D eigenvalue weighted by Crippen LogP contribution is 2.56. The van der Waals surface area contributed by atoms with Crippen molar-refractivity contribution in [1.29, 1.82) is 0 Å². The summed E-state index contributed by atoms with van der Waals surface area (Å²) in [5, 5.41) is 1.88. The molecule has 2 aliphatic rings. The Morgan fingerprint density at radius 3 is 2.52 bits per heavy atom. The molecule has 31 heavy (non-hydrogen) atoms. The van der Waals surface area contributed by atoms with Gasteiger partial charge in [0, 0.05) is 22.5 Å². The number of aromatic nitrogens is 1. The molecule has 5 nitrogen and oxygen atoms in total. The molecule has 2 aliphatic heterocycles. The third-order valence-corrected chi connectivity index (χ3v) is 7.04. The maximum Gasteiger partial charge on any atom is 0.346 e. The van der Waals surface area contributed by atoms with Gasteiger partial charge < -0.3 is 9.64 Å². The van der Waals surface area contributed by atoms with Gasteiger partial charge in [-0.15, -0.1) is 0 Å². The highest BCUT2D eigenvalue weighted by molar-refractivity contribution is 8.18. The Labute approximate surface area is 196 Å². The van der Waals surface area contributed by atoms with Crippen LogP contribution < -0.4 is 0 Å². The zero-order valence-corrected chi connectivity index (χ0v) is 20.1. The number of hydrogen-bond donors (Lipinski definition) is 0. The summed E-state index contributed by atoms with van der Waals surface area (Å²) in [6, 6.07) is 11.3. The number of rotatable bonds is 5. The fourth-order valence-electron chi connectivity index (χ4n) is 4.14. The Morgan fingerprint density at radius 2 is 1.94 bits per heavy atom. The van der Waals surface area contributed by atoms with Crippen LogP contribution in [0.15, 0.2) is 58.2 Å². The van der Waals surface area contributed by atoms with E-state index in [0.29, 0.717) is 21.7 Å². The molecule has 162 valence electrons. The second-order valence-electron chi connectivity index (χ2n) is 7.93. The van der Waals surface area contributed by atoms with Crippen molar-refractivity contribution in [2.24, 2.45) is 10.9 Å². The molecule has 1 aromatic carbocycles. The normalized spacial score (nSPS) is 22.7. The first-order chi connectivity index (χ1) is 14.8. The lowest BCUT2D eigenvalue weighted by atomic mass is 9.81. The van der Waals surface area contributed by atoms with Gasteiger partial charge in [0.1, 0.15) is 15.6 Å². The van der Waals surface area contributed by atoms with Crippen molar-refractivity contribution in [1.82, 2.24) is 9.88 Å². The molecule has 0 saturated heterocycles. The summed E-state index contributed by atoms with van der Waals surface area (Å²) in [7, 11) is 0. The highest BCUT2D eigenvalue weighted by Gasteiger charge is 2.53. The van der Waals surface area contributed by atoms with Gasteiger partial charge in [-0.3, -0.25) is 0 Å². The summed E-state index contributed by atoms with van der Waals surface area (Å²) in [4.78, 5) is 24.9. The highest BCUT2D eigenvalue weighted by atomic mass is 35.5. The third kappa shape index (κ3) is 3.86. The van der Waals surface area contributed by atoms with Gasteiger partial charge in [-0.25, -0.2) is 14.8 Å². The minimum Gasteiger partial charge on any atom is -0.462 e. The second kappa shape index (κ2) is 8.49. The molecule has 1 aromatic heterocycles. The number of nitrogens with zero attached hydrogens (tertiary/aromatic N) is 3. The van der Waals surface area contributed by atoms with Crippen LogP contribution in [-0.2, 0) is 15.1 Å². The Bertz CT molecular complexity index is 1070. The lowest BCUT2D eigenvalue weighted by Gasteiger charge is -2.36. The molecule has 0 aliphatic carbocycles. The lowest BCUT2D eigenvalue weighted by Crippen LogP contribution is -2.36. The van der Waals surface area contributed by atoms with Crippen molar-refractivity contribution < 1.29 is 9.53 Å². The van der Waals surface area contributed by atoms with Crippen molar-refractivity contribution in [3.8, 4) is 0 Å². The second-order valence-corrected chi connectivity index (χ2v) is 9.73. The van der Waals surface area contributed by atoms with Crippen LogP contribution in [0.1, 0.15) is 44.9 Å². The monoisotopic (exact) mass is 475 g/mol. The quantitative estimate of drug-likeness (QED) is 0.380. The number of aliphatic imine (C=N–C) groups is 1. The van der Waals surface area contributed by atoms with Crippen LogP contribution in [0.25, 0.3) is 0 Å². The van der Waals surface area contributed by atoms with Crippen LogP contribution in [0.4, 0.5) is 0 Å². The predicted molar refractivity (Wildman–Crippen MR) is 126 cm³/mol. The average molecular weight is 476 g/mol. The Balaban J connectivity index is 1.89. The van der Waals surface area contributed by atoms with E-state index in [0.717, 1.165) is 22.0 Å². The van der Waals surface area contributed by atoms with Crippen LogP contribution in [0.2, 0.25) is 10.2 Å². The van der Waals surface area contributed by atoms with Gasteiger partial charge in [0.15, 0.2) is 5.17 Å². The van der Waals surface area contributed by atoms with Crippen LogP contribution in [0.5, 0.6) is 0 Å². The zero-order valence-electron chi connectivity index (χ0n) is 17.7. The fourth-order valence-corrected chi connectivity index (χ4v) is 5.68. The number of ether oxygens (including phenoxy) is 1. The molecule has 3 heterocycles. The van der Waals surface area contributed by atoms with Crippen molar-refractivity contribution in [3.63, 3.8) is 0 Å². The smallest absolute Gasteiger partial charge is 0.346 e. The van der Waals surface area contributed by atoms with Crippen LogP contribution >= 0.6 is 35.0 Å². The van der Waals surface area contributed by atoms with Gasteiger partial charge in [-0.1, -0.05) is 55.2 Å². The minimum atomic E-state index is -0.631. The summed E-state index contributed by atoms with van der Waals surface area (Å²) in [5.41, 5.74) is 2.28. The van der Waals surface area contributed by atoms with Gasteiger partial charge in [0.05, 0.1) is 12.6 Å². The number of pyridine rings is 1. The lowest BCUT2D eigenvalue weighted by molar-refractivity contribution is -0.137. The van der Waals surface area contributed by atoms with Crippen LogP contribution in [-0.4, -0.2) is 27.6 Å². The third-order valence-electron chi connectivity index (χ3n) is 5.52. The summed E-state index contributed by atoms with van der Waals surface area (Å²) >= 11 is 13.6. The number of thioether (sulfide) groups is 1. The van der Waals surface area contributed by atoms with E-state index in [1.165, 1.54) is 11.8 Å². The van der Waals surface area contributed by atoms with E-state index in [9.17, 15) is 4.79 Å². The molecule has 0 unspecified atom stereocenters. The number of allylic oxidation sites excluding steroid dienone is 1. The summed E-state index contributed by atoms with van der Waals surface area (Å²) < 4.78 is 5.34. The molecule has 0 radical (unpaired) electrons. The molecular formula is C23H23Cl2N3O2S. The van der Waals surface area contributed by atoms with Crippen molar-refractivity contribution >= 4 is 46.1 Å². The molecular weight excluding hydrogens is 453 g/mol. The first kappa shape index (κ1) is 22.2. The van der Waals surface area contributed by atoms with E-state index in [-0.39, 0.29) is 17.9 Å². The molecule has 8 heteroatoms. The van der Waals surface area contributed by atoms with Crippen LogP contribution in [0.3, 0.4) is 0 Å². The van der Waals surface area contributed by atoms with E-state index < -0.39 is 5.54 Å².